The summed E-state index contributed by atoms with van der Waals surface area (Å²) in [7, 11) is 2.29. The van der Waals surface area contributed by atoms with Crippen LogP contribution in [-0.4, -0.2) is 34.5 Å². The van der Waals surface area contributed by atoms with Crippen molar-refractivity contribution in [2.45, 2.75) is 31.2 Å². The quantitative estimate of drug-likeness (QED) is 0.459. The lowest BCUT2D eigenvalue weighted by molar-refractivity contribution is 0.157. The Morgan fingerprint density at radius 2 is 1.85 bits per heavy atom. The van der Waals surface area contributed by atoms with Gasteiger partial charge in [-0.2, -0.15) is 0 Å². The lowest BCUT2D eigenvalue weighted by Gasteiger charge is -2.42. The van der Waals surface area contributed by atoms with Gasteiger partial charge in [0.05, 0.1) is 0 Å². The minimum atomic E-state index is 0.720. The highest BCUT2D eigenvalue weighted by atomic mass is 15.1. The van der Waals surface area contributed by atoms with Gasteiger partial charge in [-0.15, -0.1) is 0 Å². The number of rotatable bonds is 0. The molecule has 0 unspecified atom stereocenters. The first kappa shape index (κ1) is 15.7. The minimum Gasteiger partial charge on any atom is -0.361 e. The Labute approximate surface area is 154 Å². The third-order valence-electron chi connectivity index (χ3n) is 6.17. The highest BCUT2D eigenvalue weighted by Gasteiger charge is 2.35. The number of para-hydroxylation sites is 1. The lowest BCUT2D eigenvalue weighted by atomic mass is 9.75. The second kappa shape index (κ2) is 6.33. The topological polar surface area (TPSA) is 34.8 Å². The van der Waals surface area contributed by atoms with Crippen molar-refractivity contribution in [1.82, 2.24) is 14.9 Å². The molecule has 0 radical (unpaired) electrons. The summed E-state index contributed by atoms with van der Waals surface area (Å²) in [5, 5.41) is 2.79. The van der Waals surface area contributed by atoms with Crippen molar-refractivity contribution in [2.24, 2.45) is 0 Å². The van der Waals surface area contributed by atoms with Gasteiger partial charge in [-0.05, 0) is 67.6 Å². The molecule has 3 nitrogen and oxygen atoms in total. The van der Waals surface area contributed by atoms with E-state index in [1.54, 1.807) is 5.56 Å². The van der Waals surface area contributed by atoms with Crippen LogP contribution in [0, 0.1) is 0 Å². The number of aromatic amines is 2. The van der Waals surface area contributed by atoms with Gasteiger partial charge in [0.2, 0.25) is 0 Å². The number of aromatic nitrogens is 2. The van der Waals surface area contributed by atoms with Gasteiger partial charge in [0.1, 0.15) is 0 Å². The van der Waals surface area contributed by atoms with Gasteiger partial charge in [-0.1, -0.05) is 30.3 Å². The predicted octanol–water partition coefficient (Wildman–Crippen LogP) is 5.07. The summed E-state index contributed by atoms with van der Waals surface area (Å²) in [6.07, 6.45) is 8.09. The van der Waals surface area contributed by atoms with Gasteiger partial charge in [-0.3, -0.25) is 0 Å². The van der Waals surface area contributed by atoms with E-state index in [1.807, 2.05) is 18.3 Å². The highest BCUT2D eigenvalue weighted by molar-refractivity contribution is 5.88. The number of nitrogens with one attached hydrogen (secondary N) is 2. The maximum Gasteiger partial charge on any atom is 0.0459 e. The number of fused-ring (bicyclic) bond motifs is 3. The molecular formula is C23H25N3. The Hall–Kier alpha value is -2.52. The Kier molecular flexibility index (Phi) is 3.83. The van der Waals surface area contributed by atoms with Crippen molar-refractivity contribution in [1.29, 1.82) is 0 Å². The second-order valence-corrected chi connectivity index (χ2v) is 7.65. The van der Waals surface area contributed by atoms with Crippen LogP contribution in [0.2, 0.25) is 0 Å². The number of likely N-dealkylation sites (N-methyl/N-ethyl adjacent to an activating group) is 1. The predicted molar refractivity (Wildman–Crippen MR) is 109 cm³/mol. The van der Waals surface area contributed by atoms with E-state index < -0.39 is 0 Å². The molecular weight excluding hydrogens is 318 g/mol. The van der Waals surface area contributed by atoms with Crippen LogP contribution < -0.4 is 0 Å². The molecule has 132 valence electrons. The molecule has 0 amide bonds. The molecule has 3 heteroatoms. The molecule has 1 aliphatic heterocycles. The molecule has 2 aromatic heterocycles. The average molecular weight is 343 g/mol. The second-order valence-electron chi connectivity index (χ2n) is 7.65. The molecule has 3 heterocycles. The third kappa shape index (κ3) is 2.55. The van der Waals surface area contributed by atoms with Gasteiger partial charge in [-0.25, -0.2) is 0 Å². The zero-order valence-corrected chi connectivity index (χ0v) is 15.2. The van der Waals surface area contributed by atoms with Crippen molar-refractivity contribution < 1.29 is 0 Å². The van der Waals surface area contributed by atoms with Gasteiger partial charge in [0.15, 0.2) is 0 Å². The molecule has 2 aliphatic rings. The van der Waals surface area contributed by atoms with Crippen LogP contribution >= 0.6 is 0 Å². The first-order valence-corrected chi connectivity index (χ1v) is 9.62. The molecule has 6 rings (SSSR count). The molecule has 0 spiro atoms. The normalized spacial score (nSPS) is 22.0. The zero-order chi connectivity index (χ0) is 17.5. The maximum atomic E-state index is 3.43. The molecule has 2 aromatic carbocycles. The Balaban J connectivity index is 0.000000141. The summed E-state index contributed by atoms with van der Waals surface area (Å²) in [4.78, 5) is 9.10. The molecule has 1 fully saturated rings. The van der Waals surface area contributed by atoms with E-state index in [-0.39, 0.29) is 0 Å². The van der Waals surface area contributed by atoms with Crippen molar-refractivity contribution >= 4 is 21.8 Å². The molecule has 1 aliphatic carbocycles. The summed E-state index contributed by atoms with van der Waals surface area (Å²) in [5.41, 5.74) is 5.63. The van der Waals surface area contributed by atoms with E-state index in [4.69, 9.17) is 0 Å². The summed E-state index contributed by atoms with van der Waals surface area (Å²) < 4.78 is 0. The van der Waals surface area contributed by atoms with Crippen LogP contribution in [0.4, 0.5) is 0 Å². The minimum absolute atomic E-state index is 0.720. The maximum absolute atomic E-state index is 3.43. The molecule has 2 atom stereocenters. The van der Waals surface area contributed by atoms with Gasteiger partial charge < -0.3 is 14.9 Å². The summed E-state index contributed by atoms with van der Waals surface area (Å²) >= 11 is 0. The Morgan fingerprint density at radius 1 is 0.962 bits per heavy atom. The van der Waals surface area contributed by atoms with Crippen molar-refractivity contribution in [3.63, 3.8) is 0 Å². The van der Waals surface area contributed by atoms with E-state index in [2.05, 4.69) is 64.5 Å². The summed E-state index contributed by atoms with van der Waals surface area (Å²) in [5.74, 6) is 0.751. The smallest absolute Gasteiger partial charge is 0.0459 e. The van der Waals surface area contributed by atoms with Gasteiger partial charge >= 0.3 is 0 Å². The van der Waals surface area contributed by atoms with E-state index in [1.165, 1.54) is 53.2 Å². The van der Waals surface area contributed by atoms with E-state index in [9.17, 15) is 0 Å². The summed E-state index contributed by atoms with van der Waals surface area (Å²) in [6, 6.07) is 17.8. The molecule has 1 saturated heterocycles. The van der Waals surface area contributed by atoms with Gasteiger partial charge in [0, 0.05) is 40.8 Å². The fraction of sp³-hybridized carbons (Fsp3) is 0.304. The molecule has 2 N–H and O–H groups in total. The third-order valence-corrected chi connectivity index (χ3v) is 6.17. The Morgan fingerprint density at radius 3 is 2.77 bits per heavy atom. The lowest BCUT2D eigenvalue weighted by Crippen LogP contribution is -2.44. The first-order valence-electron chi connectivity index (χ1n) is 9.62. The average Bonchev–Trinajstić information content (AvgIpc) is 3.31. The number of benzene rings is 2. The first-order chi connectivity index (χ1) is 12.8. The van der Waals surface area contributed by atoms with Crippen LogP contribution in [0.15, 0.2) is 60.9 Å². The van der Waals surface area contributed by atoms with Gasteiger partial charge in [0.25, 0.3) is 0 Å². The van der Waals surface area contributed by atoms with Crippen molar-refractivity contribution in [3.05, 3.63) is 72.1 Å². The van der Waals surface area contributed by atoms with E-state index >= 15 is 0 Å². The number of hydrogen-bond donors (Lipinski definition) is 2. The number of H-pyrrole nitrogens is 2. The number of likely N-dealkylation sites (tertiary alicyclic amines) is 1. The van der Waals surface area contributed by atoms with Crippen LogP contribution in [0.1, 0.15) is 29.9 Å². The van der Waals surface area contributed by atoms with Crippen LogP contribution in [0.5, 0.6) is 0 Å². The van der Waals surface area contributed by atoms with Crippen LogP contribution in [0.3, 0.4) is 0 Å². The molecule has 26 heavy (non-hydrogen) atoms. The molecule has 0 bridgehead atoms. The number of piperidine rings is 1. The van der Waals surface area contributed by atoms with E-state index in [0.717, 1.165) is 12.0 Å². The van der Waals surface area contributed by atoms with Crippen LogP contribution in [-0.2, 0) is 6.42 Å². The summed E-state index contributed by atoms with van der Waals surface area (Å²) in [6.45, 7) is 1.26. The molecule has 0 saturated carbocycles. The number of nitrogens with zero attached hydrogens (tertiary/aromatic N) is 1. The Bertz CT molecular complexity index is 1010. The SMILES string of the molecule is CN1CCC[C@@H]2c3cccc4[nH]cc(c34)C[C@H]21.c1ccc2[nH]ccc2c1. The molecule has 4 aromatic rings. The van der Waals surface area contributed by atoms with E-state index in [0.29, 0.717) is 0 Å². The highest BCUT2D eigenvalue weighted by Crippen LogP contribution is 2.42. The standard InChI is InChI=1S/C15H18N2.C8H7N/c1-17-7-3-5-11-12-4-2-6-13-15(12)10(9-16-13)8-14(11)17;1-2-4-8-7(3-1)5-6-9-8/h2,4,6,9,11,14,16H,3,5,7-8H2,1H3;1-6,9H/t11-,14-;/m1./s1. The monoisotopic (exact) mass is 343 g/mol. The van der Waals surface area contributed by atoms with Crippen molar-refractivity contribution in [3.8, 4) is 0 Å². The largest absolute Gasteiger partial charge is 0.361 e. The van der Waals surface area contributed by atoms with Crippen LogP contribution in [0.25, 0.3) is 21.8 Å². The fourth-order valence-corrected chi connectivity index (χ4v) is 4.86. The number of hydrogen-bond acceptors (Lipinski definition) is 1. The fourth-order valence-electron chi connectivity index (χ4n) is 4.86. The van der Waals surface area contributed by atoms with Crippen molar-refractivity contribution in [2.75, 3.05) is 13.6 Å². The zero-order valence-electron chi connectivity index (χ0n) is 15.2.